The molecule has 1 N–H and O–H groups in total. The zero-order valence-corrected chi connectivity index (χ0v) is 7.46. The van der Waals surface area contributed by atoms with Gasteiger partial charge in [0.1, 0.15) is 0 Å². The molecule has 0 bridgehead atoms. The second-order valence-electron chi connectivity index (χ2n) is 3.74. The van der Waals surface area contributed by atoms with Crippen LogP contribution >= 0.6 is 0 Å². The van der Waals surface area contributed by atoms with Crippen molar-refractivity contribution in [1.82, 2.24) is 0 Å². The topological polar surface area (TPSA) is 47.6 Å². The van der Waals surface area contributed by atoms with Crippen molar-refractivity contribution >= 4 is 5.71 Å². The van der Waals surface area contributed by atoms with Crippen LogP contribution in [-0.4, -0.2) is 5.71 Å². The van der Waals surface area contributed by atoms with E-state index in [2.05, 4.69) is 6.07 Å². The maximum Gasteiger partial charge on any atom is 0.0988 e. The summed E-state index contributed by atoms with van der Waals surface area (Å²) in [7, 11) is 0. The summed E-state index contributed by atoms with van der Waals surface area (Å²) in [6, 6.07) is 2.12. The third-order valence-corrected chi connectivity index (χ3v) is 2.75. The molecule has 0 spiro atoms. The molecule has 66 valence electrons. The van der Waals surface area contributed by atoms with Crippen molar-refractivity contribution in [2.45, 2.75) is 19.3 Å². The van der Waals surface area contributed by atoms with Crippen molar-refractivity contribution in [3.8, 4) is 6.07 Å². The highest BCUT2D eigenvalue weighted by atomic mass is 14.5. The smallest absolute Gasteiger partial charge is 0.0988 e. The number of hydrogen-bond acceptors (Lipinski definition) is 2. The van der Waals surface area contributed by atoms with E-state index in [0.717, 1.165) is 6.42 Å². The molecule has 0 radical (unpaired) electrons. The van der Waals surface area contributed by atoms with Crippen LogP contribution in [0.15, 0.2) is 23.8 Å². The van der Waals surface area contributed by atoms with Crippen molar-refractivity contribution in [1.29, 1.82) is 10.7 Å². The minimum Gasteiger partial charge on any atom is -0.305 e. The molecule has 2 aliphatic carbocycles. The molecule has 2 rings (SSSR count). The maximum atomic E-state index is 8.70. The molecule has 0 aromatic heterocycles. The van der Waals surface area contributed by atoms with Gasteiger partial charge >= 0.3 is 0 Å². The number of hydrogen-bond donors (Lipinski definition) is 1. The first-order chi connectivity index (χ1) is 6.31. The van der Waals surface area contributed by atoms with E-state index >= 15 is 0 Å². The predicted octanol–water partition coefficient (Wildman–Crippen LogP) is 2.44. The summed E-state index contributed by atoms with van der Waals surface area (Å²) < 4.78 is 0. The molecule has 0 aromatic carbocycles. The normalized spacial score (nSPS) is 27.8. The highest BCUT2D eigenvalue weighted by molar-refractivity contribution is 5.95. The van der Waals surface area contributed by atoms with E-state index in [1.54, 1.807) is 12.2 Å². The monoisotopic (exact) mass is 172 g/mol. The molecule has 1 saturated carbocycles. The number of nitrogens with zero attached hydrogens (tertiary/aromatic N) is 1. The highest BCUT2D eigenvalue weighted by Gasteiger charge is 2.32. The van der Waals surface area contributed by atoms with E-state index in [9.17, 15) is 0 Å². The molecule has 1 fully saturated rings. The predicted molar refractivity (Wildman–Crippen MR) is 51.4 cm³/mol. The zero-order chi connectivity index (χ0) is 9.26. The second-order valence-corrected chi connectivity index (χ2v) is 3.74. The van der Waals surface area contributed by atoms with E-state index in [4.69, 9.17) is 10.7 Å². The summed E-state index contributed by atoms with van der Waals surface area (Å²) in [4.78, 5) is 0. The molecule has 1 atom stereocenters. The Balaban J connectivity index is 2.17. The molecule has 1 unspecified atom stereocenters. The Morgan fingerprint density at radius 1 is 1.38 bits per heavy atom. The fraction of sp³-hybridized carbons (Fsp3) is 0.455. The molecule has 2 nitrogen and oxygen atoms in total. The quantitative estimate of drug-likeness (QED) is 0.648. The summed E-state index contributed by atoms with van der Waals surface area (Å²) in [5.41, 5.74) is 1.40. The molecule has 2 aliphatic rings. The van der Waals surface area contributed by atoms with Gasteiger partial charge in [0.2, 0.25) is 0 Å². The third-order valence-electron chi connectivity index (χ3n) is 2.75. The van der Waals surface area contributed by atoms with Gasteiger partial charge in [-0.15, -0.1) is 0 Å². The Bertz CT molecular complexity index is 326. The standard InChI is InChI=1S/C11H12N2/c12-7-8-1-5-10(9-3-4-9)11(13)6-2-8/h1-2,6,9-10,13H,3-5H2. The molecule has 2 heteroatoms. The number of allylic oxidation sites excluding steroid dienone is 4. The van der Waals surface area contributed by atoms with Gasteiger partial charge in [0.15, 0.2) is 0 Å². The zero-order valence-electron chi connectivity index (χ0n) is 7.46. The molecule has 0 saturated heterocycles. The largest absolute Gasteiger partial charge is 0.305 e. The van der Waals surface area contributed by atoms with Gasteiger partial charge in [-0.05, 0) is 37.3 Å². The molecule has 0 aliphatic heterocycles. The van der Waals surface area contributed by atoms with Crippen LogP contribution in [0.25, 0.3) is 0 Å². The Kier molecular flexibility index (Phi) is 2.02. The first-order valence-electron chi connectivity index (χ1n) is 4.68. The van der Waals surface area contributed by atoms with Crippen molar-refractivity contribution < 1.29 is 0 Å². The minimum atomic E-state index is 0.377. The van der Waals surface area contributed by atoms with Crippen LogP contribution in [0.3, 0.4) is 0 Å². The first kappa shape index (κ1) is 8.25. The van der Waals surface area contributed by atoms with Gasteiger partial charge in [-0.2, -0.15) is 5.26 Å². The maximum absolute atomic E-state index is 8.70. The van der Waals surface area contributed by atoms with Crippen LogP contribution in [0.4, 0.5) is 0 Å². The lowest BCUT2D eigenvalue weighted by Gasteiger charge is -2.10. The van der Waals surface area contributed by atoms with E-state index in [1.807, 2.05) is 6.08 Å². The molecule has 13 heavy (non-hydrogen) atoms. The average Bonchev–Trinajstić information content (AvgIpc) is 2.91. The van der Waals surface area contributed by atoms with Crippen LogP contribution in [0.2, 0.25) is 0 Å². The summed E-state index contributed by atoms with van der Waals surface area (Å²) in [5.74, 6) is 1.09. The van der Waals surface area contributed by atoms with Gasteiger partial charge < -0.3 is 5.41 Å². The Hall–Kier alpha value is -1.36. The van der Waals surface area contributed by atoms with Crippen LogP contribution in [0.5, 0.6) is 0 Å². The van der Waals surface area contributed by atoms with Crippen molar-refractivity contribution in [3.05, 3.63) is 23.8 Å². The van der Waals surface area contributed by atoms with Gasteiger partial charge in [0.25, 0.3) is 0 Å². The third kappa shape index (κ3) is 1.70. The molecular weight excluding hydrogens is 160 g/mol. The fourth-order valence-electron chi connectivity index (χ4n) is 1.78. The van der Waals surface area contributed by atoms with E-state index < -0.39 is 0 Å². The summed E-state index contributed by atoms with van der Waals surface area (Å²) in [6.07, 6.45) is 8.89. The molecule has 0 aromatic rings. The van der Waals surface area contributed by atoms with E-state index in [1.165, 1.54) is 12.8 Å². The lowest BCUT2D eigenvalue weighted by atomic mass is 9.95. The summed E-state index contributed by atoms with van der Waals surface area (Å²) in [6.45, 7) is 0. The molecular formula is C11H12N2. The van der Waals surface area contributed by atoms with Gasteiger partial charge in [-0.25, -0.2) is 0 Å². The van der Waals surface area contributed by atoms with Gasteiger partial charge in [0, 0.05) is 17.2 Å². The molecule has 0 heterocycles. The minimum absolute atomic E-state index is 0.377. The van der Waals surface area contributed by atoms with Gasteiger partial charge in [-0.1, -0.05) is 6.08 Å². The lowest BCUT2D eigenvalue weighted by Crippen LogP contribution is -2.11. The molecule has 0 amide bonds. The first-order valence-corrected chi connectivity index (χ1v) is 4.68. The van der Waals surface area contributed by atoms with Crippen molar-refractivity contribution in [3.63, 3.8) is 0 Å². The van der Waals surface area contributed by atoms with Gasteiger partial charge in [-0.3, -0.25) is 0 Å². The van der Waals surface area contributed by atoms with Crippen LogP contribution in [0, 0.1) is 28.6 Å². The van der Waals surface area contributed by atoms with E-state index in [0.29, 0.717) is 23.1 Å². The second kappa shape index (κ2) is 3.18. The fourth-order valence-corrected chi connectivity index (χ4v) is 1.78. The number of rotatable bonds is 1. The summed E-state index contributed by atoms with van der Waals surface area (Å²) >= 11 is 0. The Labute approximate surface area is 78.1 Å². The summed E-state index contributed by atoms with van der Waals surface area (Å²) in [5, 5.41) is 16.5. The average molecular weight is 172 g/mol. The Morgan fingerprint density at radius 3 is 2.77 bits per heavy atom. The van der Waals surface area contributed by atoms with Gasteiger partial charge in [0.05, 0.1) is 6.07 Å². The number of nitriles is 1. The van der Waals surface area contributed by atoms with Crippen molar-refractivity contribution in [2.75, 3.05) is 0 Å². The van der Waals surface area contributed by atoms with Crippen LogP contribution < -0.4 is 0 Å². The lowest BCUT2D eigenvalue weighted by molar-refractivity contribution is 0.614. The highest BCUT2D eigenvalue weighted by Crippen LogP contribution is 2.40. The van der Waals surface area contributed by atoms with Crippen molar-refractivity contribution in [2.24, 2.45) is 11.8 Å². The van der Waals surface area contributed by atoms with E-state index in [-0.39, 0.29) is 0 Å². The van der Waals surface area contributed by atoms with Crippen LogP contribution in [0.1, 0.15) is 19.3 Å². The Morgan fingerprint density at radius 2 is 2.15 bits per heavy atom. The van der Waals surface area contributed by atoms with Crippen LogP contribution in [-0.2, 0) is 0 Å². The SMILES string of the molecule is N#CC1=CCC(C2CC2)C(=N)C=C1. The number of nitrogens with one attached hydrogen (secondary N) is 1.